The van der Waals surface area contributed by atoms with Crippen molar-refractivity contribution in [2.24, 2.45) is 0 Å². The van der Waals surface area contributed by atoms with Crippen molar-refractivity contribution in [1.82, 2.24) is 10.3 Å². The van der Waals surface area contributed by atoms with Gasteiger partial charge in [-0.25, -0.2) is 4.98 Å². The molecule has 0 radical (unpaired) electrons. The Balaban J connectivity index is 2.42. The first-order chi connectivity index (χ1) is 8.17. The summed E-state index contributed by atoms with van der Waals surface area (Å²) in [6, 6.07) is 0.682. The Labute approximate surface area is 110 Å². The average molecular weight is 254 g/mol. The van der Waals surface area contributed by atoms with Gasteiger partial charge in [0.25, 0.3) is 0 Å². The van der Waals surface area contributed by atoms with Crippen molar-refractivity contribution < 1.29 is 0 Å². The molecule has 0 bridgehead atoms. The molecule has 2 nitrogen and oxygen atoms in total. The first-order valence-electron chi connectivity index (χ1n) is 6.83. The van der Waals surface area contributed by atoms with Crippen molar-refractivity contribution in [2.45, 2.75) is 72.4 Å². The van der Waals surface area contributed by atoms with Crippen molar-refractivity contribution in [3.05, 3.63) is 15.6 Å². The van der Waals surface area contributed by atoms with Crippen molar-refractivity contribution >= 4 is 11.3 Å². The molecule has 1 rings (SSSR count). The van der Waals surface area contributed by atoms with E-state index in [0.29, 0.717) is 6.04 Å². The first-order valence-corrected chi connectivity index (χ1v) is 7.65. The molecule has 1 unspecified atom stereocenters. The summed E-state index contributed by atoms with van der Waals surface area (Å²) in [5, 5.41) is 4.88. The molecule has 0 spiro atoms. The van der Waals surface area contributed by atoms with Gasteiger partial charge in [-0.2, -0.15) is 0 Å². The number of nitrogens with zero attached hydrogens (tertiary/aromatic N) is 1. The Morgan fingerprint density at radius 3 is 2.47 bits per heavy atom. The van der Waals surface area contributed by atoms with Gasteiger partial charge in [-0.3, -0.25) is 0 Å². The topological polar surface area (TPSA) is 24.9 Å². The van der Waals surface area contributed by atoms with E-state index in [9.17, 15) is 0 Å². The molecule has 3 heteroatoms. The van der Waals surface area contributed by atoms with Crippen molar-refractivity contribution in [1.29, 1.82) is 0 Å². The third-order valence-corrected chi connectivity index (χ3v) is 4.17. The fourth-order valence-electron chi connectivity index (χ4n) is 2.12. The SMILES string of the molecule is CCCCC(CCC)NCc1sc(C)nc1C. The normalized spacial score (nSPS) is 12.9. The van der Waals surface area contributed by atoms with E-state index in [2.05, 4.69) is 38.0 Å². The highest BCUT2D eigenvalue weighted by atomic mass is 32.1. The number of thiazole rings is 1. The summed E-state index contributed by atoms with van der Waals surface area (Å²) in [4.78, 5) is 5.88. The highest BCUT2D eigenvalue weighted by Gasteiger charge is 2.09. The molecule has 1 aromatic heterocycles. The lowest BCUT2D eigenvalue weighted by molar-refractivity contribution is 0.435. The summed E-state index contributed by atoms with van der Waals surface area (Å²) in [5.74, 6) is 0. The van der Waals surface area contributed by atoms with E-state index in [-0.39, 0.29) is 0 Å². The van der Waals surface area contributed by atoms with E-state index < -0.39 is 0 Å². The number of nitrogens with one attached hydrogen (secondary N) is 1. The summed E-state index contributed by atoms with van der Waals surface area (Å²) in [7, 11) is 0. The minimum Gasteiger partial charge on any atom is -0.309 e. The summed E-state index contributed by atoms with van der Waals surface area (Å²) in [5.41, 5.74) is 1.20. The standard InChI is InChI=1S/C14H26N2S/c1-5-7-9-13(8-6-2)15-10-14-11(3)16-12(4)17-14/h13,15H,5-10H2,1-4H3. The van der Waals surface area contributed by atoms with Gasteiger partial charge in [0.1, 0.15) is 0 Å². The third-order valence-electron chi connectivity index (χ3n) is 3.09. The number of aromatic nitrogens is 1. The lowest BCUT2D eigenvalue weighted by atomic mass is 10.1. The maximum absolute atomic E-state index is 4.48. The smallest absolute Gasteiger partial charge is 0.0900 e. The predicted octanol–water partition coefficient (Wildman–Crippen LogP) is 4.21. The van der Waals surface area contributed by atoms with Gasteiger partial charge in [-0.15, -0.1) is 11.3 Å². The Morgan fingerprint density at radius 2 is 1.94 bits per heavy atom. The van der Waals surface area contributed by atoms with E-state index >= 15 is 0 Å². The van der Waals surface area contributed by atoms with E-state index in [1.807, 2.05) is 11.3 Å². The van der Waals surface area contributed by atoms with Crippen LogP contribution in [0.2, 0.25) is 0 Å². The third kappa shape index (κ3) is 5.17. The molecule has 0 amide bonds. The minimum atomic E-state index is 0.682. The van der Waals surface area contributed by atoms with Gasteiger partial charge in [0.15, 0.2) is 0 Å². The largest absolute Gasteiger partial charge is 0.309 e. The van der Waals surface area contributed by atoms with Crippen LogP contribution in [0.25, 0.3) is 0 Å². The second-order valence-electron chi connectivity index (χ2n) is 4.75. The fourth-order valence-corrected chi connectivity index (χ4v) is 3.01. The number of aryl methyl sites for hydroxylation is 2. The average Bonchev–Trinajstić information content (AvgIpc) is 2.61. The monoisotopic (exact) mass is 254 g/mol. The molecule has 0 aliphatic carbocycles. The lowest BCUT2D eigenvalue weighted by Crippen LogP contribution is -2.28. The predicted molar refractivity (Wildman–Crippen MR) is 76.6 cm³/mol. The van der Waals surface area contributed by atoms with Gasteiger partial charge in [0.2, 0.25) is 0 Å². The van der Waals surface area contributed by atoms with E-state index in [1.54, 1.807) is 0 Å². The molecular formula is C14H26N2S. The summed E-state index contributed by atoms with van der Waals surface area (Å²) in [6.45, 7) is 9.72. The zero-order chi connectivity index (χ0) is 12.7. The van der Waals surface area contributed by atoms with Crippen LogP contribution in [-0.4, -0.2) is 11.0 Å². The Bertz CT molecular complexity index is 320. The molecule has 0 saturated heterocycles. The molecule has 1 heterocycles. The minimum absolute atomic E-state index is 0.682. The number of rotatable bonds is 8. The quantitative estimate of drug-likeness (QED) is 0.751. The van der Waals surface area contributed by atoms with Crippen LogP contribution in [0.4, 0.5) is 0 Å². The second-order valence-corrected chi connectivity index (χ2v) is 6.04. The van der Waals surface area contributed by atoms with Crippen LogP contribution < -0.4 is 5.32 Å². The van der Waals surface area contributed by atoms with Crippen LogP contribution in [-0.2, 0) is 6.54 Å². The number of hydrogen-bond acceptors (Lipinski definition) is 3. The van der Waals surface area contributed by atoms with Crippen LogP contribution in [0, 0.1) is 13.8 Å². The number of unbranched alkanes of at least 4 members (excludes halogenated alkanes) is 1. The fraction of sp³-hybridized carbons (Fsp3) is 0.786. The van der Waals surface area contributed by atoms with Gasteiger partial charge in [-0.05, 0) is 26.7 Å². The molecular weight excluding hydrogens is 228 g/mol. The Kier molecular flexibility index (Phi) is 6.75. The van der Waals surface area contributed by atoms with E-state index in [4.69, 9.17) is 0 Å². The lowest BCUT2D eigenvalue weighted by Gasteiger charge is -2.17. The van der Waals surface area contributed by atoms with Crippen LogP contribution in [0.15, 0.2) is 0 Å². The van der Waals surface area contributed by atoms with E-state index in [0.717, 1.165) is 6.54 Å². The molecule has 98 valence electrons. The van der Waals surface area contributed by atoms with E-state index in [1.165, 1.54) is 47.7 Å². The van der Waals surface area contributed by atoms with Gasteiger partial charge in [-0.1, -0.05) is 33.1 Å². The molecule has 0 saturated carbocycles. The summed E-state index contributed by atoms with van der Waals surface area (Å²) in [6.07, 6.45) is 6.49. The van der Waals surface area contributed by atoms with Gasteiger partial charge >= 0.3 is 0 Å². The molecule has 1 aromatic rings. The highest BCUT2D eigenvalue weighted by molar-refractivity contribution is 7.11. The molecule has 0 aliphatic heterocycles. The van der Waals surface area contributed by atoms with Gasteiger partial charge in [0, 0.05) is 17.5 Å². The second kappa shape index (κ2) is 7.83. The molecule has 0 aromatic carbocycles. The number of hydrogen-bond donors (Lipinski definition) is 1. The van der Waals surface area contributed by atoms with Crippen LogP contribution in [0.1, 0.15) is 61.5 Å². The zero-order valence-electron chi connectivity index (χ0n) is 11.7. The zero-order valence-corrected chi connectivity index (χ0v) is 12.5. The maximum Gasteiger partial charge on any atom is 0.0900 e. The van der Waals surface area contributed by atoms with Crippen LogP contribution in [0.5, 0.6) is 0 Å². The molecule has 0 fully saturated rings. The Hall–Kier alpha value is -0.410. The first kappa shape index (κ1) is 14.7. The van der Waals surface area contributed by atoms with Crippen molar-refractivity contribution in [2.75, 3.05) is 0 Å². The molecule has 0 aliphatic rings. The molecule has 1 N–H and O–H groups in total. The van der Waals surface area contributed by atoms with Crippen LogP contribution >= 0.6 is 11.3 Å². The van der Waals surface area contributed by atoms with Crippen molar-refractivity contribution in [3.8, 4) is 0 Å². The summed E-state index contributed by atoms with van der Waals surface area (Å²) >= 11 is 1.82. The van der Waals surface area contributed by atoms with Gasteiger partial charge < -0.3 is 5.32 Å². The summed E-state index contributed by atoms with van der Waals surface area (Å²) < 4.78 is 0. The maximum atomic E-state index is 4.48. The Morgan fingerprint density at radius 1 is 1.18 bits per heavy atom. The highest BCUT2D eigenvalue weighted by Crippen LogP contribution is 2.17. The molecule has 1 atom stereocenters. The van der Waals surface area contributed by atoms with Gasteiger partial charge in [0.05, 0.1) is 10.7 Å². The van der Waals surface area contributed by atoms with Crippen molar-refractivity contribution in [3.63, 3.8) is 0 Å². The molecule has 17 heavy (non-hydrogen) atoms. The van der Waals surface area contributed by atoms with Crippen LogP contribution in [0.3, 0.4) is 0 Å².